The molecule has 0 amide bonds. The molecule has 2 heterocycles. The summed E-state index contributed by atoms with van der Waals surface area (Å²) in [5, 5.41) is 0.774. The van der Waals surface area contributed by atoms with E-state index in [1.165, 1.54) is 6.92 Å². The van der Waals surface area contributed by atoms with E-state index < -0.39 is 0 Å². The van der Waals surface area contributed by atoms with Gasteiger partial charge in [-0.2, -0.15) is 0 Å². The smallest absolute Gasteiger partial charge is 0.133 e. The van der Waals surface area contributed by atoms with Gasteiger partial charge in [0.05, 0.1) is 11.9 Å². The standard InChI is InChI=1S/C23H31ClN2O2/c1-4-19(14-21(28)11-10-17(2)27)18(3)22-16-26(13-6-5-9-23(22)24)20-8-7-12-25-15-20/h7-9,12,15-16,18-19H,4-6,10-11,13-14H2,1-3H3. The summed E-state index contributed by atoms with van der Waals surface area (Å²) in [5.41, 5.74) is 2.11. The number of rotatable bonds is 9. The van der Waals surface area contributed by atoms with Crippen LogP contribution in [0.2, 0.25) is 0 Å². The Morgan fingerprint density at radius 2 is 2.11 bits per heavy atom. The Kier molecular flexibility index (Phi) is 8.91. The van der Waals surface area contributed by atoms with Crippen LogP contribution in [-0.4, -0.2) is 23.1 Å². The number of carbonyl (C=O) groups excluding carboxylic acids is 2. The van der Waals surface area contributed by atoms with Gasteiger partial charge in [0, 0.05) is 43.2 Å². The number of pyridine rings is 1. The summed E-state index contributed by atoms with van der Waals surface area (Å²) in [6.07, 6.45) is 11.8. The third-order valence-corrected chi connectivity index (χ3v) is 5.82. The maximum absolute atomic E-state index is 12.4. The molecule has 4 nitrogen and oxygen atoms in total. The summed E-state index contributed by atoms with van der Waals surface area (Å²) >= 11 is 6.67. The number of halogens is 1. The van der Waals surface area contributed by atoms with E-state index in [0.717, 1.165) is 42.1 Å². The van der Waals surface area contributed by atoms with Gasteiger partial charge in [-0.15, -0.1) is 0 Å². The quantitative estimate of drug-likeness (QED) is 0.533. The number of carbonyl (C=O) groups is 2. The minimum Gasteiger partial charge on any atom is -0.346 e. The number of aromatic nitrogens is 1. The van der Waals surface area contributed by atoms with Crippen LogP contribution in [0.4, 0.5) is 5.69 Å². The van der Waals surface area contributed by atoms with Gasteiger partial charge >= 0.3 is 0 Å². The van der Waals surface area contributed by atoms with Crippen LogP contribution in [0.3, 0.4) is 0 Å². The summed E-state index contributed by atoms with van der Waals surface area (Å²) in [5.74, 6) is 0.565. The highest BCUT2D eigenvalue weighted by Gasteiger charge is 2.25. The predicted molar refractivity (Wildman–Crippen MR) is 115 cm³/mol. The second-order valence-corrected chi connectivity index (χ2v) is 7.99. The highest BCUT2D eigenvalue weighted by atomic mass is 35.5. The Balaban J connectivity index is 2.22. The van der Waals surface area contributed by atoms with Gasteiger partial charge in [-0.25, -0.2) is 0 Å². The number of ketones is 2. The van der Waals surface area contributed by atoms with Crippen molar-refractivity contribution in [1.82, 2.24) is 4.98 Å². The van der Waals surface area contributed by atoms with Gasteiger partial charge in [-0.1, -0.05) is 37.9 Å². The lowest BCUT2D eigenvalue weighted by molar-refractivity contribution is -0.124. The predicted octanol–water partition coefficient (Wildman–Crippen LogP) is 5.68. The molecule has 2 unspecified atom stereocenters. The molecule has 2 rings (SSSR count). The zero-order chi connectivity index (χ0) is 20.5. The van der Waals surface area contributed by atoms with Crippen molar-refractivity contribution in [3.63, 3.8) is 0 Å². The van der Waals surface area contributed by atoms with E-state index in [4.69, 9.17) is 11.6 Å². The van der Waals surface area contributed by atoms with Crippen LogP contribution in [-0.2, 0) is 9.59 Å². The first-order chi connectivity index (χ1) is 13.4. The normalized spacial score (nSPS) is 17.1. The van der Waals surface area contributed by atoms with Crippen molar-refractivity contribution in [2.45, 2.75) is 59.3 Å². The molecular weight excluding hydrogens is 372 g/mol. The number of Topliss-reactive ketones (excluding diaryl/α,β-unsaturated/α-hetero) is 2. The number of anilines is 1. The number of hydrogen-bond acceptors (Lipinski definition) is 4. The van der Waals surface area contributed by atoms with Crippen molar-refractivity contribution in [1.29, 1.82) is 0 Å². The molecule has 0 fully saturated rings. The van der Waals surface area contributed by atoms with Crippen LogP contribution in [0.1, 0.15) is 59.3 Å². The maximum atomic E-state index is 12.4. The van der Waals surface area contributed by atoms with Gasteiger partial charge in [0.25, 0.3) is 0 Å². The highest BCUT2D eigenvalue weighted by molar-refractivity contribution is 6.32. The highest BCUT2D eigenvalue weighted by Crippen LogP contribution is 2.35. The van der Waals surface area contributed by atoms with E-state index in [1.54, 1.807) is 6.20 Å². The van der Waals surface area contributed by atoms with E-state index in [2.05, 4.69) is 36.0 Å². The Bertz CT molecular complexity index is 727. The minimum absolute atomic E-state index is 0.0651. The van der Waals surface area contributed by atoms with Crippen molar-refractivity contribution in [3.05, 3.63) is 47.4 Å². The lowest BCUT2D eigenvalue weighted by Gasteiger charge is -2.29. The molecule has 2 atom stereocenters. The van der Waals surface area contributed by atoms with Gasteiger partial charge < -0.3 is 9.69 Å². The molecule has 0 spiro atoms. The molecule has 1 aromatic rings. The first-order valence-electron chi connectivity index (χ1n) is 10.2. The Morgan fingerprint density at radius 1 is 1.32 bits per heavy atom. The Morgan fingerprint density at radius 3 is 2.75 bits per heavy atom. The zero-order valence-electron chi connectivity index (χ0n) is 17.2. The topological polar surface area (TPSA) is 50.3 Å². The average molecular weight is 403 g/mol. The van der Waals surface area contributed by atoms with Crippen LogP contribution < -0.4 is 4.90 Å². The SMILES string of the molecule is CCC(CC(=O)CCC(C)=O)C(C)C1=CN(c2cccnc2)CCCC=C1Cl. The molecule has 1 aliphatic heterocycles. The van der Waals surface area contributed by atoms with Crippen LogP contribution in [0, 0.1) is 11.8 Å². The van der Waals surface area contributed by atoms with E-state index in [1.807, 2.05) is 18.3 Å². The van der Waals surface area contributed by atoms with Gasteiger partial charge in [0.15, 0.2) is 0 Å². The van der Waals surface area contributed by atoms with Crippen LogP contribution in [0.15, 0.2) is 47.4 Å². The summed E-state index contributed by atoms with van der Waals surface area (Å²) in [6, 6.07) is 3.98. The van der Waals surface area contributed by atoms with Crippen molar-refractivity contribution in [3.8, 4) is 0 Å². The van der Waals surface area contributed by atoms with Crippen LogP contribution in [0.5, 0.6) is 0 Å². The second kappa shape index (κ2) is 11.2. The van der Waals surface area contributed by atoms with Gasteiger partial charge in [0.1, 0.15) is 11.6 Å². The van der Waals surface area contributed by atoms with E-state index >= 15 is 0 Å². The summed E-state index contributed by atoms with van der Waals surface area (Å²) in [4.78, 5) is 30.0. The third-order valence-electron chi connectivity index (χ3n) is 5.44. The summed E-state index contributed by atoms with van der Waals surface area (Å²) in [6.45, 7) is 6.69. The van der Waals surface area contributed by atoms with E-state index in [-0.39, 0.29) is 23.4 Å². The largest absolute Gasteiger partial charge is 0.346 e. The van der Waals surface area contributed by atoms with Crippen molar-refractivity contribution in [2.75, 3.05) is 11.4 Å². The Labute approximate surface area is 173 Å². The molecule has 0 aromatic carbocycles. The fourth-order valence-corrected chi connectivity index (χ4v) is 3.93. The van der Waals surface area contributed by atoms with Crippen molar-refractivity contribution >= 4 is 28.9 Å². The molecule has 28 heavy (non-hydrogen) atoms. The van der Waals surface area contributed by atoms with Crippen LogP contribution in [0.25, 0.3) is 0 Å². The number of nitrogens with zero attached hydrogens (tertiary/aromatic N) is 2. The summed E-state index contributed by atoms with van der Waals surface area (Å²) in [7, 11) is 0. The van der Waals surface area contributed by atoms with Crippen molar-refractivity contribution in [2.24, 2.45) is 11.8 Å². The molecule has 0 saturated heterocycles. The minimum atomic E-state index is 0.0651. The molecule has 0 N–H and O–H groups in total. The molecule has 152 valence electrons. The number of allylic oxidation sites excluding steroid dienone is 3. The monoisotopic (exact) mass is 402 g/mol. The molecular formula is C23H31ClN2O2. The van der Waals surface area contributed by atoms with E-state index in [9.17, 15) is 9.59 Å². The lowest BCUT2D eigenvalue weighted by atomic mass is 9.81. The van der Waals surface area contributed by atoms with Gasteiger partial charge in [-0.05, 0) is 49.3 Å². The molecule has 1 aromatic heterocycles. The fraction of sp³-hybridized carbons (Fsp3) is 0.522. The third kappa shape index (κ3) is 6.59. The van der Waals surface area contributed by atoms with E-state index in [0.29, 0.717) is 19.3 Å². The second-order valence-electron chi connectivity index (χ2n) is 7.59. The molecule has 0 bridgehead atoms. The zero-order valence-corrected chi connectivity index (χ0v) is 17.9. The maximum Gasteiger partial charge on any atom is 0.133 e. The van der Waals surface area contributed by atoms with Crippen LogP contribution >= 0.6 is 11.6 Å². The fourth-order valence-electron chi connectivity index (χ4n) is 3.60. The average Bonchev–Trinajstić information content (AvgIpc) is 2.68. The van der Waals surface area contributed by atoms with Crippen molar-refractivity contribution < 1.29 is 9.59 Å². The molecule has 1 aliphatic rings. The molecule has 0 saturated carbocycles. The Hall–Kier alpha value is -1.94. The molecule has 0 radical (unpaired) electrons. The first-order valence-corrected chi connectivity index (χ1v) is 10.6. The number of hydrogen-bond donors (Lipinski definition) is 0. The summed E-state index contributed by atoms with van der Waals surface area (Å²) < 4.78 is 0. The first kappa shape index (κ1) is 22.4. The molecule has 5 heteroatoms. The molecule has 0 aliphatic carbocycles. The van der Waals surface area contributed by atoms with Gasteiger partial charge in [-0.3, -0.25) is 9.78 Å². The lowest BCUT2D eigenvalue weighted by Crippen LogP contribution is -2.24. The van der Waals surface area contributed by atoms with Gasteiger partial charge in [0.2, 0.25) is 0 Å².